The van der Waals surface area contributed by atoms with Crippen LogP contribution in [0.1, 0.15) is 85.9 Å². The first kappa shape index (κ1) is 47.9. The third kappa shape index (κ3) is 14.0. The maximum absolute atomic E-state index is 11.7. The predicted molar refractivity (Wildman–Crippen MR) is 249 cm³/mol. The lowest BCUT2D eigenvalue weighted by Gasteiger charge is -2.29. The molecule has 0 radical (unpaired) electrons. The molecule has 6 heterocycles. The number of hydrogen-bond acceptors (Lipinski definition) is 18. The second kappa shape index (κ2) is 24.5. The number of carbonyl (C=O) groups excluding carboxylic acids is 2. The summed E-state index contributed by atoms with van der Waals surface area (Å²) in [6, 6.07) is 12.9. The van der Waals surface area contributed by atoms with Crippen molar-refractivity contribution in [2.24, 2.45) is 17.6 Å². The number of aromatic nitrogens is 8. The summed E-state index contributed by atoms with van der Waals surface area (Å²) >= 11 is 5.42. The Morgan fingerprint density at radius 1 is 0.631 bits per heavy atom. The third-order valence-corrected chi connectivity index (χ3v) is 11.3. The van der Waals surface area contributed by atoms with Crippen molar-refractivity contribution in [1.29, 1.82) is 0 Å². The molecule has 2 aliphatic rings. The fourth-order valence-corrected chi connectivity index (χ4v) is 7.68. The molecule has 0 unspecified atom stereocenters. The zero-order chi connectivity index (χ0) is 46.0. The number of rotatable bonds is 14. The Bertz CT molecular complexity index is 2430. The molecule has 5 N–H and O–H groups in total. The van der Waals surface area contributed by atoms with Crippen molar-refractivity contribution in [2.75, 3.05) is 56.5 Å². The average Bonchev–Trinajstić information content (AvgIpc) is 3.34. The monoisotopic (exact) mass is 908 g/mol. The number of esters is 2. The zero-order valence-corrected chi connectivity index (χ0v) is 38.0. The first-order valence-corrected chi connectivity index (χ1v) is 22.3. The molecule has 0 spiro atoms. The van der Waals surface area contributed by atoms with E-state index in [1.807, 2.05) is 30.3 Å². The molecule has 0 bridgehead atoms. The minimum Gasteiger partial charge on any atom is -0.479 e. The number of pyridine rings is 4. The smallest absolute Gasteiger partial charge is 0.341 e. The Morgan fingerprint density at radius 2 is 1.08 bits per heavy atom. The van der Waals surface area contributed by atoms with Crippen LogP contribution in [-0.2, 0) is 9.47 Å². The number of nitrogens with two attached hydrogens (primary N) is 1. The number of nitrogens with zero attached hydrogens (tertiary/aromatic N) is 8. The van der Waals surface area contributed by atoms with Gasteiger partial charge in [-0.1, -0.05) is 0 Å². The van der Waals surface area contributed by atoms with Gasteiger partial charge >= 0.3 is 11.9 Å². The molecule has 65 heavy (non-hydrogen) atoms. The number of ether oxygens (including phenoxy) is 4. The highest BCUT2D eigenvalue weighted by Gasteiger charge is 2.23. The van der Waals surface area contributed by atoms with E-state index in [1.165, 1.54) is 37.6 Å². The maximum Gasteiger partial charge on any atom is 0.341 e. The highest BCUT2D eigenvalue weighted by Crippen LogP contribution is 2.30. The van der Waals surface area contributed by atoms with Crippen molar-refractivity contribution in [1.82, 2.24) is 39.9 Å². The van der Waals surface area contributed by atoms with Gasteiger partial charge in [-0.3, -0.25) is 0 Å². The number of nitrogens with one attached hydrogen (secondary N) is 3. The van der Waals surface area contributed by atoms with Gasteiger partial charge in [0.05, 0.1) is 38.6 Å². The van der Waals surface area contributed by atoms with Crippen LogP contribution in [0.4, 0.5) is 17.6 Å². The summed E-state index contributed by atoms with van der Waals surface area (Å²) in [4.78, 5) is 56.2. The van der Waals surface area contributed by atoms with E-state index in [0.29, 0.717) is 66.0 Å². The van der Waals surface area contributed by atoms with Crippen LogP contribution in [0.3, 0.4) is 0 Å². The molecule has 19 heteroatoms. The molecule has 0 saturated heterocycles. The van der Waals surface area contributed by atoms with E-state index in [4.69, 9.17) is 41.3 Å². The standard InChI is InChI=1S/C23H28N6O3.C16H22N4O.C7H7ClN2O2/c1-3-32-22(30)17-13-26-23(27-14-17)25-12-15-4-7-18(8-5-15)28-19-9-6-16-10-11-24-21(31-2)20(16)29-19;1-21-16-15-12(8-9-18-16)4-7-14(20-15)19-13-5-2-11(10-17)3-6-13;1-2-12-6(11)5-3-9-7(8)10-4-5/h6,9-11,13-15,18H,3-5,7-8,12H2,1-2H3,(H,28,29)(H,25,26,27);4,7-9,11,13H,2-3,5-6,10,17H2,1H3,(H,19,20);3-4H,2H2,1H3. The molecule has 18 nitrogen and oxygen atoms in total. The van der Waals surface area contributed by atoms with Gasteiger partial charge in [0.2, 0.25) is 23.0 Å². The first-order valence-electron chi connectivity index (χ1n) is 21.9. The van der Waals surface area contributed by atoms with Gasteiger partial charge in [0.25, 0.3) is 0 Å². The number of hydrogen-bond donors (Lipinski definition) is 4. The van der Waals surface area contributed by atoms with E-state index >= 15 is 0 Å². The number of halogens is 1. The van der Waals surface area contributed by atoms with Gasteiger partial charge in [0.15, 0.2) is 0 Å². The van der Waals surface area contributed by atoms with Crippen molar-refractivity contribution in [3.63, 3.8) is 0 Å². The van der Waals surface area contributed by atoms with Crippen molar-refractivity contribution in [2.45, 2.75) is 77.3 Å². The fourth-order valence-electron chi connectivity index (χ4n) is 7.58. The second-order valence-electron chi connectivity index (χ2n) is 15.5. The van der Waals surface area contributed by atoms with E-state index in [0.717, 1.165) is 85.1 Å². The molecule has 0 aliphatic heterocycles. The number of carbonyl (C=O) groups is 2. The largest absolute Gasteiger partial charge is 0.479 e. The van der Waals surface area contributed by atoms with Crippen LogP contribution in [0, 0.1) is 11.8 Å². The van der Waals surface area contributed by atoms with Crippen LogP contribution >= 0.6 is 11.6 Å². The maximum atomic E-state index is 11.7. The van der Waals surface area contributed by atoms with Crippen LogP contribution in [0.2, 0.25) is 5.28 Å². The quantitative estimate of drug-likeness (QED) is 0.0609. The van der Waals surface area contributed by atoms with E-state index in [1.54, 1.807) is 40.5 Å². The molecule has 6 aromatic rings. The number of methoxy groups -OCH3 is 2. The minimum absolute atomic E-state index is 0.114. The summed E-state index contributed by atoms with van der Waals surface area (Å²) in [5.41, 5.74) is 7.99. The van der Waals surface area contributed by atoms with Crippen molar-refractivity contribution in [3.05, 3.63) is 90.0 Å². The van der Waals surface area contributed by atoms with Crippen LogP contribution in [-0.4, -0.2) is 104 Å². The molecular formula is C46H57ClN12O6. The molecule has 0 amide bonds. The van der Waals surface area contributed by atoms with Gasteiger partial charge in [-0.2, -0.15) is 0 Å². The molecule has 2 aliphatic carbocycles. The third-order valence-electron chi connectivity index (χ3n) is 11.1. The molecule has 0 aromatic carbocycles. The van der Waals surface area contributed by atoms with Gasteiger partial charge in [0.1, 0.15) is 22.7 Å². The Kier molecular flexibility index (Phi) is 18.1. The summed E-state index contributed by atoms with van der Waals surface area (Å²) in [7, 11) is 3.23. The summed E-state index contributed by atoms with van der Waals surface area (Å²) in [5, 5.41) is 12.5. The minimum atomic E-state index is -0.436. The van der Waals surface area contributed by atoms with Gasteiger partial charge in [-0.25, -0.2) is 49.5 Å². The highest BCUT2D eigenvalue weighted by molar-refractivity contribution is 6.28. The Morgan fingerprint density at radius 3 is 1.51 bits per heavy atom. The van der Waals surface area contributed by atoms with Gasteiger partial charge < -0.3 is 40.6 Å². The van der Waals surface area contributed by atoms with Crippen LogP contribution in [0.25, 0.3) is 21.8 Å². The average molecular weight is 909 g/mol. The van der Waals surface area contributed by atoms with Crippen LogP contribution in [0.5, 0.6) is 11.8 Å². The molecular weight excluding hydrogens is 852 g/mol. The first-order chi connectivity index (χ1) is 31.7. The SMILES string of the molecule is CCOC(=O)c1cnc(Cl)nc1.CCOC(=O)c1cnc(NCC2CCC(Nc3ccc4ccnc(OC)c4n3)CC2)nc1.COc1nccc2ccc(NC3CCC(CN)CC3)nc12. The lowest BCUT2D eigenvalue weighted by Crippen LogP contribution is -2.29. The van der Waals surface area contributed by atoms with E-state index in [9.17, 15) is 9.59 Å². The number of fused-ring (bicyclic) bond motifs is 2. The van der Waals surface area contributed by atoms with Gasteiger partial charge in [-0.05, 0) is 132 Å². The van der Waals surface area contributed by atoms with Gasteiger partial charge in [0, 0.05) is 66.6 Å². The van der Waals surface area contributed by atoms with E-state index < -0.39 is 11.9 Å². The molecule has 6 aromatic heterocycles. The lowest BCUT2D eigenvalue weighted by atomic mass is 9.86. The molecule has 2 saturated carbocycles. The molecule has 8 rings (SSSR count). The second-order valence-corrected chi connectivity index (χ2v) is 15.8. The molecule has 0 atom stereocenters. The Hall–Kier alpha value is -6.53. The summed E-state index contributed by atoms with van der Waals surface area (Å²) in [6.07, 6.45) is 18.2. The van der Waals surface area contributed by atoms with Gasteiger partial charge in [-0.15, -0.1) is 0 Å². The van der Waals surface area contributed by atoms with E-state index in [-0.39, 0.29) is 5.28 Å². The van der Waals surface area contributed by atoms with Crippen molar-refractivity contribution >= 4 is 62.9 Å². The van der Waals surface area contributed by atoms with Crippen molar-refractivity contribution < 1.29 is 28.5 Å². The van der Waals surface area contributed by atoms with Crippen molar-refractivity contribution in [3.8, 4) is 11.8 Å². The highest BCUT2D eigenvalue weighted by atomic mass is 35.5. The van der Waals surface area contributed by atoms with Crippen LogP contribution in [0.15, 0.2) is 73.6 Å². The predicted octanol–water partition coefficient (Wildman–Crippen LogP) is 7.56. The normalized spacial score (nSPS) is 17.9. The molecule has 2 fully saturated rings. The summed E-state index contributed by atoms with van der Waals surface area (Å²) in [5.74, 6) is 3.79. The van der Waals surface area contributed by atoms with E-state index in [2.05, 4.69) is 56.9 Å². The summed E-state index contributed by atoms with van der Waals surface area (Å²) < 4.78 is 20.3. The number of anilines is 3. The fraction of sp³-hybridized carbons (Fsp3) is 0.435. The topological polar surface area (TPSA) is 236 Å². The Balaban J connectivity index is 0.000000181. The lowest BCUT2D eigenvalue weighted by molar-refractivity contribution is 0.0515. The summed E-state index contributed by atoms with van der Waals surface area (Å²) in [6.45, 7) is 5.78. The molecule has 344 valence electrons. The zero-order valence-electron chi connectivity index (χ0n) is 37.2. The Labute approximate surface area is 383 Å². The van der Waals surface area contributed by atoms with Crippen LogP contribution < -0.4 is 31.2 Å².